The van der Waals surface area contributed by atoms with Gasteiger partial charge in [0.2, 0.25) is 0 Å². The molecule has 0 radical (unpaired) electrons. The molecule has 0 saturated carbocycles. The second kappa shape index (κ2) is 6.64. The van der Waals surface area contributed by atoms with Crippen molar-refractivity contribution in [1.29, 1.82) is 0 Å². The Morgan fingerprint density at radius 1 is 0.909 bits per heavy atom. The lowest BCUT2D eigenvalue weighted by molar-refractivity contribution is -0.186. The fourth-order valence-electron chi connectivity index (χ4n) is 2.35. The van der Waals surface area contributed by atoms with Crippen molar-refractivity contribution in [3.8, 4) is 0 Å². The van der Waals surface area contributed by atoms with Gasteiger partial charge in [0.05, 0.1) is 0 Å². The van der Waals surface area contributed by atoms with Gasteiger partial charge >= 0.3 is 12.1 Å². The van der Waals surface area contributed by atoms with Gasteiger partial charge in [0.25, 0.3) is 0 Å². The number of esters is 1. The van der Waals surface area contributed by atoms with Crippen molar-refractivity contribution >= 4 is 5.97 Å². The number of carbonyl (C=O) groups excluding carboxylic acids is 1. The van der Waals surface area contributed by atoms with Gasteiger partial charge < -0.3 is 4.74 Å². The van der Waals surface area contributed by atoms with Crippen LogP contribution in [0, 0.1) is 0 Å². The van der Waals surface area contributed by atoms with E-state index in [-0.39, 0.29) is 5.56 Å². The molecule has 0 spiro atoms. The van der Waals surface area contributed by atoms with Crippen LogP contribution in [0.2, 0.25) is 0 Å². The Bertz CT molecular complexity index is 609. The lowest BCUT2D eigenvalue weighted by Crippen LogP contribution is -2.29. The zero-order valence-corrected chi connectivity index (χ0v) is 11.9. The molecule has 0 fully saturated rings. The van der Waals surface area contributed by atoms with Crippen LogP contribution in [-0.4, -0.2) is 12.1 Å². The average Bonchev–Trinajstić information content (AvgIpc) is 2.47. The van der Waals surface area contributed by atoms with Gasteiger partial charge in [-0.2, -0.15) is 13.2 Å². The second-order valence-corrected chi connectivity index (χ2v) is 4.87. The minimum atomic E-state index is -4.54. The molecule has 22 heavy (non-hydrogen) atoms. The summed E-state index contributed by atoms with van der Waals surface area (Å²) in [5.74, 6) is -2.67. The molecule has 0 bridgehead atoms. The van der Waals surface area contributed by atoms with E-state index in [4.69, 9.17) is 4.74 Å². The molecular weight excluding hydrogens is 293 g/mol. The Morgan fingerprint density at radius 2 is 1.36 bits per heavy atom. The summed E-state index contributed by atoms with van der Waals surface area (Å²) in [7, 11) is 0. The van der Waals surface area contributed by atoms with Crippen molar-refractivity contribution in [3.05, 3.63) is 71.8 Å². The maximum atomic E-state index is 13.6. The summed E-state index contributed by atoms with van der Waals surface area (Å²) in [4.78, 5) is 11.3. The van der Waals surface area contributed by atoms with E-state index in [2.05, 4.69) is 0 Å². The van der Waals surface area contributed by atoms with Gasteiger partial charge in [-0.25, -0.2) is 0 Å². The fourth-order valence-corrected chi connectivity index (χ4v) is 2.35. The van der Waals surface area contributed by atoms with Crippen LogP contribution in [0.1, 0.15) is 30.1 Å². The molecule has 0 unspecified atom stereocenters. The third-order valence-corrected chi connectivity index (χ3v) is 3.24. The van der Waals surface area contributed by atoms with Crippen molar-refractivity contribution in [2.75, 3.05) is 0 Å². The molecule has 0 aliphatic rings. The average molecular weight is 308 g/mol. The highest BCUT2D eigenvalue weighted by Crippen LogP contribution is 2.45. The first-order chi connectivity index (χ1) is 10.4. The fraction of sp³-hybridized carbons (Fsp3) is 0.235. The standard InChI is InChI=1S/C17H15F3O2/c1-12(21)22-16(14-10-6-3-7-11-14)15(17(18,19)20)13-8-4-2-5-9-13/h2-11,15-16H,1H3/t15-,16-/m0/s1. The number of halogens is 3. The summed E-state index contributed by atoms with van der Waals surface area (Å²) in [6.07, 6.45) is -5.96. The predicted molar refractivity (Wildman–Crippen MR) is 76.2 cm³/mol. The number of ether oxygens (including phenoxy) is 1. The molecule has 2 rings (SSSR count). The van der Waals surface area contributed by atoms with Crippen molar-refractivity contribution < 1.29 is 22.7 Å². The van der Waals surface area contributed by atoms with Gasteiger partial charge in [-0.15, -0.1) is 0 Å². The topological polar surface area (TPSA) is 26.3 Å². The second-order valence-electron chi connectivity index (χ2n) is 4.87. The molecule has 0 aliphatic heterocycles. The Kier molecular flexibility index (Phi) is 4.85. The highest BCUT2D eigenvalue weighted by molar-refractivity contribution is 5.66. The number of alkyl halides is 3. The van der Waals surface area contributed by atoms with Crippen LogP contribution in [0.25, 0.3) is 0 Å². The molecule has 0 saturated heterocycles. The van der Waals surface area contributed by atoms with Crippen LogP contribution in [-0.2, 0) is 9.53 Å². The van der Waals surface area contributed by atoms with Gasteiger partial charge in [0.1, 0.15) is 12.0 Å². The van der Waals surface area contributed by atoms with E-state index in [9.17, 15) is 18.0 Å². The monoisotopic (exact) mass is 308 g/mol. The lowest BCUT2D eigenvalue weighted by Gasteiger charge is -2.29. The molecule has 0 aromatic heterocycles. The first-order valence-electron chi connectivity index (χ1n) is 6.73. The van der Waals surface area contributed by atoms with E-state index in [0.29, 0.717) is 5.56 Å². The van der Waals surface area contributed by atoms with Gasteiger partial charge in [0.15, 0.2) is 0 Å². The molecule has 0 N–H and O–H groups in total. The molecule has 2 nitrogen and oxygen atoms in total. The summed E-state index contributed by atoms with van der Waals surface area (Å²) in [5, 5.41) is 0. The first-order valence-corrected chi connectivity index (χ1v) is 6.73. The SMILES string of the molecule is CC(=O)O[C@@H](c1ccccc1)[C@H](c1ccccc1)C(F)(F)F. The van der Waals surface area contributed by atoms with E-state index < -0.39 is 24.2 Å². The van der Waals surface area contributed by atoms with E-state index in [1.165, 1.54) is 36.4 Å². The molecular formula is C17H15F3O2. The van der Waals surface area contributed by atoms with Crippen LogP contribution in [0.3, 0.4) is 0 Å². The quantitative estimate of drug-likeness (QED) is 0.769. The van der Waals surface area contributed by atoms with Crippen molar-refractivity contribution in [2.24, 2.45) is 0 Å². The van der Waals surface area contributed by atoms with Crippen LogP contribution in [0.4, 0.5) is 13.2 Å². The van der Waals surface area contributed by atoms with E-state index in [1.54, 1.807) is 24.3 Å². The third-order valence-electron chi connectivity index (χ3n) is 3.24. The summed E-state index contributed by atoms with van der Waals surface area (Å²) < 4.78 is 45.8. The molecule has 2 aromatic carbocycles. The van der Waals surface area contributed by atoms with Gasteiger partial charge in [-0.3, -0.25) is 4.79 Å². The number of hydrogen-bond acceptors (Lipinski definition) is 2. The molecule has 0 heterocycles. The van der Waals surface area contributed by atoms with Gasteiger partial charge in [-0.05, 0) is 11.1 Å². The van der Waals surface area contributed by atoms with Gasteiger partial charge in [0, 0.05) is 6.92 Å². The lowest BCUT2D eigenvalue weighted by atomic mass is 9.88. The Balaban J connectivity index is 2.51. The largest absolute Gasteiger partial charge is 0.457 e. The Morgan fingerprint density at radius 3 is 1.77 bits per heavy atom. The van der Waals surface area contributed by atoms with Crippen LogP contribution >= 0.6 is 0 Å². The van der Waals surface area contributed by atoms with Crippen molar-refractivity contribution in [2.45, 2.75) is 25.1 Å². The highest BCUT2D eigenvalue weighted by Gasteiger charge is 2.47. The molecule has 5 heteroatoms. The summed E-state index contributed by atoms with van der Waals surface area (Å²) in [6.45, 7) is 1.11. The minimum absolute atomic E-state index is 0.0603. The summed E-state index contributed by atoms with van der Waals surface area (Å²) in [6, 6.07) is 15.4. The zero-order chi connectivity index (χ0) is 16.2. The van der Waals surface area contributed by atoms with Crippen LogP contribution in [0.5, 0.6) is 0 Å². The number of rotatable bonds is 4. The molecule has 2 aromatic rings. The molecule has 116 valence electrons. The summed E-state index contributed by atoms with van der Waals surface area (Å²) >= 11 is 0. The smallest absolute Gasteiger partial charge is 0.399 e. The highest BCUT2D eigenvalue weighted by atomic mass is 19.4. The van der Waals surface area contributed by atoms with E-state index in [0.717, 1.165) is 6.92 Å². The normalized spacial score (nSPS) is 14.2. The number of hydrogen-bond donors (Lipinski definition) is 0. The van der Waals surface area contributed by atoms with E-state index in [1.807, 2.05) is 0 Å². The number of carbonyl (C=O) groups is 1. The zero-order valence-electron chi connectivity index (χ0n) is 11.9. The Hall–Kier alpha value is -2.30. The van der Waals surface area contributed by atoms with Crippen LogP contribution < -0.4 is 0 Å². The molecule has 0 amide bonds. The third kappa shape index (κ3) is 3.87. The predicted octanol–water partition coefficient (Wildman–Crippen LogP) is 4.64. The maximum Gasteiger partial charge on any atom is 0.399 e. The van der Waals surface area contributed by atoms with Crippen molar-refractivity contribution in [1.82, 2.24) is 0 Å². The van der Waals surface area contributed by atoms with Gasteiger partial charge in [-0.1, -0.05) is 60.7 Å². The minimum Gasteiger partial charge on any atom is -0.457 e. The maximum absolute atomic E-state index is 13.6. The Labute approximate surface area is 126 Å². The van der Waals surface area contributed by atoms with E-state index >= 15 is 0 Å². The first kappa shape index (κ1) is 16.1. The van der Waals surface area contributed by atoms with Crippen molar-refractivity contribution in [3.63, 3.8) is 0 Å². The van der Waals surface area contributed by atoms with Crippen LogP contribution in [0.15, 0.2) is 60.7 Å². The summed E-state index contributed by atoms with van der Waals surface area (Å²) in [5.41, 5.74) is 0.369. The number of benzene rings is 2. The molecule has 0 aliphatic carbocycles. The molecule has 2 atom stereocenters.